The number of hydrogen-bond acceptors (Lipinski definition) is 4. The van der Waals surface area contributed by atoms with Crippen LogP contribution < -0.4 is 10.1 Å². The third-order valence-electron chi connectivity index (χ3n) is 4.80. The van der Waals surface area contributed by atoms with Gasteiger partial charge in [0.05, 0.1) is 12.7 Å². The first-order chi connectivity index (χ1) is 14.7. The van der Waals surface area contributed by atoms with Crippen molar-refractivity contribution in [3.63, 3.8) is 0 Å². The molecule has 0 saturated heterocycles. The fourth-order valence-corrected chi connectivity index (χ4v) is 3.23. The standard InChI is InChI=1S/C25H21NO4/c1-29-24-15-20(11-13-22(24)23-14-12-21(16-27)30-23)26-25(28)19-9-7-18(8-10-19)17-5-3-2-4-6-17/h2-15,27H,16H2,1H3,(H,26,28). The maximum atomic E-state index is 12.7. The summed E-state index contributed by atoms with van der Waals surface area (Å²) in [5, 5.41) is 12.1. The molecule has 0 fully saturated rings. The molecule has 150 valence electrons. The number of amides is 1. The van der Waals surface area contributed by atoms with E-state index in [1.54, 1.807) is 31.4 Å². The largest absolute Gasteiger partial charge is 0.496 e. The van der Waals surface area contributed by atoms with Gasteiger partial charge in [0.15, 0.2) is 0 Å². The summed E-state index contributed by atoms with van der Waals surface area (Å²) in [6, 6.07) is 26.3. The first-order valence-electron chi connectivity index (χ1n) is 9.53. The fourth-order valence-electron chi connectivity index (χ4n) is 3.23. The lowest BCUT2D eigenvalue weighted by atomic mass is 10.0. The number of benzene rings is 3. The number of ether oxygens (including phenoxy) is 1. The predicted molar refractivity (Wildman–Crippen MR) is 116 cm³/mol. The Morgan fingerprint density at radius 3 is 2.33 bits per heavy atom. The molecular formula is C25H21NO4. The van der Waals surface area contributed by atoms with Gasteiger partial charge in [0.1, 0.15) is 23.9 Å². The van der Waals surface area contributed by atoms with Gasteiger partial charge in [0.2, 0.25) is 0 Å². The van der Waals surface area contributed by atoms with Crippen LogP contribution >= 0.6 is 0 Å². The summed E-state index contributed by atoms with van der Waals surface area (Å²) < 4.78 is 11.0. The van der Waals surface area contributed by atoms with Crippen LogP contribution in [-0.2, 0) is 6.61 Å². The Labute approximate surface area is 174 Å². The van der Waals surface area contributed by atoms with Gasteiger partial charge in [-0.05, 0) is 47.5 Å². The summed E-state index contributed by atoms with van der Waals surface area (Å²) in [6.07, 6.45) is 0. The molecule has 0 spiro atoms. The van der Waals surface area contributed by atoms with Crippen molar-refractivity contribution < 1.29 is 19.1 Å². The molecule has 4 aromatic rings. The molecule has 1 heterocycles. The Hall–Kier alpha value is -3.83. The van der Waals surface area contributed by atoms with E-state index in [1.807, 2.05) is 60.7 Å². The zero-order chi connectivity index (χ0) is 20.9. The lowest BCUT2D eigenvalue weighted by molar-refractivity contribution is 0.102. The van der Waals surface area contributed by atoms with Gasteiger partial charge in [0.25, 0.3) is 5.91 Å². The van der Waals surface area contributed by atoms with Crippen LogP contribution in [-0.4, -0.2) is 18.1 Å². The number of rotatable bonds is 6. The average Bonchev–Trinajstić information content (AvgIpc) is 3.29. The Kier molecular flexibility index (Phi) is 5.63. The molecule has 0 radical (unpaired) electrons. The number of hydrogen-bond donors (Lipinski definition) is 2. The van der Waals surface area contributed by atoms with E-state index < -0.39 is 0 Å². The van der Waals surface area contributed by atoms with Gasteiger partial charge in [-0.1, -0.05) is 42.5 Å². The minimum Gasteiger partial charge on any atom is -0.496 e. The minimum absolute atomic E-state index is 0.167. The SMILES string of the molecule is COc1cc(NC(=O)c2ccc(-c3ccccc3)cc2)ccc1-c1ccc(CO)o1. The van der Waals surface area contributed by atoms with E-state index in [9.17, 15) is 9.90 Å². The minimum atomic E-state index is -0.204. The first-order valence-corrected chi connectivity index (χ1v) is 9.53. The van der Waals surface area contributed by atoms with Gasteiger partial charge >= 0.3 is 0 Å². The molecule has 0 aliphatic heterocycles. The third-order valence-corrected chi connectivity index (χ3v) is 4.80. The highest BCUT2D eigenvalue weighted by Gasteiger charge is 2.13. The van der Waals surface area contributed by atoms with Gasteiger partial charge < -0.3 is 19.6 Å². The zero-order valence-corrected chi connectivity index (χ0v) is 16.5. The van der Waals surface area contributed by atoms with Gasteiger partial charge in [-0.2, -0.15) is 0 Å². The number of aliphatic hydroxyl groups is 1. The monoisotopic (exact) mass is 399 g/mol. The van der Waals surface area contributed by atoms with Crippen molar-refractivity contribution in [3.8, 4) is 28.2 Å². The molecule has 0 bridgehead atoms. The molecule has 0 aliphatic rings. The number of carbonyl (C=O) groups is 1. The molecule has 30 heavy (non-hydrogen) atoms. The zero-order valence-electron chi connectivity index (χ0n) is 16.5. The summed E-state index contributed by atoms with van der Waals surface area (Å²) in [5.41, 5.74) is 4.08. The van der Waals surface area contributed by atoms with Gasteiger partial charge in [-0.3, -0.25) is 4.79 Å². The van der Waals surface area contributed by atoms with Crippen LogP contribution in [0.1, 0.15) is 16.1 Å². The maximum absolute atomic E-state index is 12.7. The van der Waals surface area contributed by atoms with E-state index in [2.05, 4.69) is 5.32 Å². The second kappa shape index (κ2) is 8.68. The molecule has 4 rings (SSSR count). The summed E-state index contributed by atoms with van der Waals surface area (Å²) in [5.74, 6) is 1.42. The predicted octanol–water partition coefficient (Wildman–Crippen LogP) is 5.37. The van der Waals surface area contributed by atoms with Gasteiger partial charge in [-0.25, -0.2) is 0 Å². The van der Waals surface area contributed by atoms with Crippen molar-refractivity contribution >= 4 is 11.6 Å². The quantitative estimate of drug-likeness (QED) is 0.457. The van der Waals surface area contributed by atoms with E-state index >= 15 is 0 Å². The van der Waals surface area contributed by atoms with Crippen molar-refractivity contribution in [3.05, 3.63) is 96.3 Å². The summed E-state index contributed by atoms with van der Waals surface area (Å²) in [4.78, 5) is 12.7. The Morgan fingerprint density at radius 2 is 1.67 bits per heavy atom. The van der Waals surface area contributed by atoms with Crippen LogP contribution in [0.5, 0.6) is 5.75 Å². The number of carbonyl (C=O) groups excluding carboxylic acids is 1. The Morgan fingerprint density at radius 1 is 0.933 bits per heavy atom. The smallest absolute Gasteiger partial charge is 0.255 e. The summed E-state index contributed by atoms with van der Waals surface area (Å²) >= 11 is 0. The molecule has 0 aliphatic carbocycles. The topological polar surface area (TPSA) is 71.7 Å². The van der Waals surface area contributed by atoms with Gasteiger partial charge in [0, 0.05) is 17.3 Å². The normalized spacial score (nSPS) is 10.6. The van der Waals surface area contributed by atoms with Crippen LogP contribution in [0.3, 0.4) is 0 Å². The molecule has 2 N–H and O–H groups in total. The molecule has 0 unspecified atom stereocenters. The molecule has 3 aromatic carbocycles. The number of aliphatic hydroxyl groups excluding tert-OH is 1. The molecule has 5 heteroatoms. The second-order valence-corrected chi connectivity index (χ2v) is 6.74. The van der Waals surface area contributed by atoms with Crippen molar-refractivity contribution in [1.82, 2.24) is 0 Å². The molecule has 1 aromatic heterocycles. The van der Waals surface area contributed by atoms with Gasteiger partial charge in [-0.15, -0.1) is 0 Å². The van der Waals surface area contributed by atoms with E-state index in [-0.39, 0.29) is 12.5 Å². The lowest BCUT2D eigenvalue weighted by Gasteiger charge is -2.11. The van der Waals surface area contributed by atoms with Crippen molar-refractivity contribution in [2.24, 2.45) is 0 Å². The van der Waals surface area contributed by atoms with E-state index in [0.29, 0.717) is 28.5 Å². The number of anilines is 1. The molecule has 0 saturated carbocycles. The highest BCUT2D eigenvalue weighted by molar-refractivity contribution is 6.04. The molecule has 5 nitrogen and oxygen atoms in total. The van der Waals surface area contributed by atoms with E-state index in [4.69, 9.17) is 9.15 Å². The van der Waals surface area contributed by atoms with Crippen LogP contribution in [0.25, 0.3) is 22.5 Å². The number of nitrogens with one attached hydrogen (secondary N) is 1. The summed E-state index contributed by atoms with van der Waals surface area (Å²) in [7, 11) is 1.56. The van der Waals surface area contributed by atoms with E-state index in [1.165, 1.54) is 0 Å². The van der Waals surface area contributed by atoms with Crippen molar-refractivity contribution in [2.75, 3.05) is 12.4 Å². The van der Waals surface area contributed by atoms with Crippen molar-refractivity contribution in [1.29, 1.82) is 0 Å². The van der Waals surface area contributed by atoms with Crippen LogP contribution in [0.4, 0.5) is 5.69 Å². The van der Waals surface area contributed by atoms with Crippen molar-refractivity contribution in [2.45, 2.75) is 6.61 Å². The molecule has 0 atom stereocenters. The average molecular weight is 399 g/mol. The Balaban J connectivity index is 1.51. The number of methoxy groups -OCH3 is 1. The molecule has 1 amide bonds. The fraction of sp³-hybridized carbons (Fsp3) is 0.0800. The van der Waals surface area contributed by atoms with Crippen LogP contribution in [0.15, 0.2) is 89.3 Å². The lowest BCUT2D eigenvalue weighted by Crippen LogP contribution is -2.11. The van der Waals surface area contributed by atoms with Crippen LogP contribution in [0.2, 0.25) is 0 Å². The van der Waals surface area contributed by atoms with Crippen LogP contribution in [0, 0.1) is 0 Å². The maximum Gasteiger partial charge on any atom is 0.255 e. The third kappa shape index (κ3) is 4.11. The number of furan rings is 1. The highest BCUT2D eigenvalue weighted by atomic mass is 16.5. The van der Waals surface area contributed by atoms with E-state index in [0.717, 1.165) is 16.7 Å². The Bertz CT molecular complexity index is 1150. The highest BCUT2D eigenvalue weighted by Crippen LogP contribution is 2.33. The second-order valence-electron chi connectivity index (χ2n) is 6.74. The first kappa shape index (κ1) is 19.5. The molecular weight excluding hydrogens is 378 g/mol. The summed E-state index contributed by atoms with van der Waals surface area (Å²) in [6.45, 7) is -0.167.